The second-order valence-corrected chi connectivity index (χ2v) is 7.63. The minimum atomic E-state index is 0.00454. The van der Waals surface area contributed by atoms with Gasteiger partial charge in [-0.15, -0.1) is 0 Å². The van der Waals surface area contributed by atoms with Crippen LogP contribution in [-0.4, -0.2) is 87.2 Å². The van der Waals surface area contributed by atoms with E-state index in [0.717, 1.165) is 39.0 Å². The number of likely N-dealkylation sites (N-methyl/N-ethyl adjacent to an activating group) is 1. The number of hydrogen-bond donors (Lipinski definition) is 2. The Bertz CT molecular complexity index is 443. The van der Waals surface area contributed by atoms with Crippen LogP contribution in [0.3, 0.4) is 0 Å². The van der Waals surface area contributed by atoms with Crippen molar-refractivity contribution < 1.29 is 9.53 Å². The Balaban J connectivity index is 1.77. The summed E-state index contributed by atoms with van der Waals surface area (Å²) in [6.07, 6.45) is 7.54. The fourth-order valence-corrected chi connectivity index (χ4v) is 3.42. The van der Waals surface area contributed by atoms with Crippen LogP contribution in [0.5, 0.6) is 0 Å². The van der Waals surface area contributed by atoms with Crippen molar-refractivity contribution in [3.63, 3.8) is 0 Å². The smallest absolute Gasteiger partial charge is 0.243 e. The molecule has 0 spiro atoms. The number of aliphatic imine (C=N–C) groups is 1. The van der Waals surface area contributed by atoms with Crippen molar-refractivity contribution in [1.29, 1.82) is 0 Å². The third-order valence-electron chi connectivity index (χ3n) is 5.26. The second-order valence-electron chi connectivity index (χ2n) is 7.63. The van der Waals surface area contributed by atoms with E-state index in [1.54, 1.807) is 19.0 Å². The maximum absolute atomic E-state index is 11.8. The molecule has 2 saturated heterocycles. The van der Waals surface area contributed by atoms with Crippen molar-refractivity contribution in [2.24, 2.45) is 4.99 Å². The van der Waals surface area contributed by atoms with Crippen molar-refractivity contribution in [2.75, 3.05) is 53.4 Å². The van der Waals surface area contributed by atoms with E-state index in [4.69, 9.17) is 4.74 Å². The average molecular weight is 368 g/mol. The van der Waals surface area contributed by atoms with Crippen LogP contribution < -0.4 is 10.6 Å². The van der Waals surface area contributed by atoms with Gasteiger partial charge in [-0.2, -0.15) is 0 Å². The summed E-state index contributed by atoms with van der Waals surface area (Å²) in [5, 5.41) is 6.73. The van der Waals surface area contributed by atoms with Gasteiger partial charge in [-0.05, 0) is 52.1 Å². The van der Waals surface area contributed by atoms with Crippen molar-refractivity contribution in [3.8, 4) is 0 Å². The SMILES string of the molecule is CC(CCNC(=NCC(=O)N(C)C)NCC1CCCO1)N1CCCCC1. The van der Waals surface area contributed by atoms with Gasteiger partial charge in [0, 0.05) is 39.8 Å². The molecule has 2 rings (SSSR count). The lowest BCUT2D eigenvalue weighted by molar-refractivity contribution is -0.127. The predicted octanol–water partition coefficient (Wildman–Crippen LogP) is 1.05. The highest BCUT2D eigenvalue weighted by Gasteiger charge is 2.18. The fraction of sp³-hybridized carbons (Fsp3) is 0.895. The number of guanidine groups is 1. The standard InChI is InChI=1S/C19H37N5O2/c1-16(24-11-5-4-6-12-24)9-10-20-19(22-15-18(25)23(2)3)21-14-17-8-7-13-26-17/h16-17H,4-15H2,1-3H3,(H2,20,21,22). The first-order valence-corrected chi connectivity index (χ1v) is 10.1. The Morgan fingerprint density at radius 1 is 1.23 bits per heavy atom. The topological polar surface area (TPSA) is 69.2 Å². The number of hydrogen-bond acceptors (Lipinski definition) is 4. The largest absolute Gasteiger partial charge is 0.376 e. The fourth-order valence-electron chi connectivity index (χ4n) is 3.42. The van der Waals surface area contributed by atoms with E-state index in [1.165, 1.54) is 32.4 Å². The summed E-state index contributed by atoms with van der Waals surface area (Å²) >= 11 is 0. The Morgan fingerprint density at radius 3 is 2.65 bits per heavy atom. The van der Waals surface area contributed by atoms with Crippen molar-refractivity contribution in [3.05, 3.63) is 0 Å². The number of ether oxygens (including phenoxy) is 1. The number of nitrogens with zero attached hydrogens (tertiary/aromatic N) is 3. The summed E-state index contributed by atoms with van der Waals surface area (Å²) in [4.78, 5) is 20.4. The first kappa shape index (κ1) is 21.0. The van der Waals surface area contributed by atoms with Crippen LogP contribution in [0.4, 0.5) is 0 Å². The monoisotopic (exact) mass is 367 g/mol. The molecule has 7 nitrogen and oxygen atoms in total. The molecule has 0 aromatic carbocycles. The normalized spacial score (nSPS) is 22.9. The first-order valence-electron chi connectivity index (χ1n) is 10.1. The minimum absolute atomic E-state index is 0.00454. The zero-order chi connectivity index (χ0) is 18.8. The van der Waals surface area contributed by atoms with E-state index in [-0.39, 0.29) is 18.6 Å². The number of carbonyl (C=O) groups excluding carboxylic acids is 1. The van der Waals surface area contributed by atoms with Gasteiger partial charge in [0.25, 0.3) is 0 Å². The first-order chi connectivity index (χ1) is 12.6. The molecule has 0 aromatic heterocycles. The van der Waals surface area contributed by atoms with Crippen LogP contribution in [-0.2, 0) is 9.53 Å². The van der Waals surface area contributed by atoms with E-state index in [2.05, 4.69) is 27.4 Å². The average Bonchev–Trinajstić information content (AvgIpc) is 3.17. The molecule has 2 aliphatic rings. The molecule has 1 amide bonds. The summed E-state index contributed by atoms with van der Waals surface area (Å²) < 4.78 is 5.66. The summed E-state index contributed by atoms with van der Waals surface area (Å²) in [6, 6.07) is 0.575. The molecule has 26 heavy (non-hydrogen) atoms. The van der Waals surface area contributed by atoms with Crippen LogP contribution in [0.2, 0.25) is 0 Å². The van der Waals surface area contributed by atoms with Gasteiger partial charge in [-0.25, -0.2) is 4.99 Å². The summed E-state index contributed by atoms with van der Waals surface area (Å²) in [7, 11) is 3.51. The van der Waals surface area contributed by atoms with Gasteiger partial charge in [0.15, 0.2) is 5.96 Å². The van der Waals surface area contributed by atoms with Crippen molar-refractivity contribution in [1.82, 2.24) is 20.4 Å². The van der Waals surface area contributed by atoms with Gasteiger partial charge in [0.1, 0.15) is 6.54 Å². The molecule has 0 saturated carbocycles. The third kappa shape index (κ3) is 7.50. The lowest BCUT2D eigenvalue weighted by atomic mass is 10.1. The van der Waals surface area contributed by atoms with Crippen LogP contribution in [0.25, 0.3) is 0 Å². The Kier molecular flexibility index (Phi) is 9.18. The molecule has 2 N–H and O–H groups in total. The lowest BCUT2D eigenvalue weighted by Gasteiger charge is -2.32. The quantitative estimate of drug-likeness (QED) is 0.496. The van der Waals surface area contributed by atoms with E-state index in [1.807, 2.05) is 0 Å². The third-order valence-corrected chi connectivity index (χ3v) is 5.26. The van der Waals surface area contributed by atoms with Crippen molar-refractivity contribution >= 4 is 11.9 Å². The van der Waals surface area contributed by atoms with Gasteiger partial charge >= 0.3 is 0 Å². The van der Waals surface area contributed by atoms with Crippen molar-refractivity contribution in [2.45, 2.75) is 57.6 Å². The van der Waals surface area contributed by atoms with Gasteiger partial charge in [0.2, 0.25) is 5.91 Å². The second kappa shape index (κ2) is 11.4. The lowest BCUT2D eigenvalue weighted by Crippen LogP contribution is -2.44. The molecule has 0 radical (unpaired) electrons. The Labute approximate surface area is 158 Å². The molecule has 0 aliphatic carbocycles. The maximum Gasteiger partial charge on any atom is 0.243 e. The zero-order valence-corrected chi connectivity index (χ0v) is 16.8. The Hall–Kier alpha value is -1.34. The van der Waals surface area contributed by atoms with E-state index >= 15 is 0 Å². The van der Waals surface area contributed by atoms with Gasteiger partial charge in [0.05, 0.1) is 6.10 Å². The van der Waals surface area contributed by atoms with E-state index in [9.17, 15) is 4.79 Å². The number of piperidine rings is 1. The number of likely N-dealkylation sites (tertiary alicyclic amines) is 1. The maximum atomic E-state index is 11.8. The number of rotatable bonds is 8. The molecule has 2 unspecified atom stereocenters. The molecule has 150 valence electrons. The summed E-state index contributed by atoms with van der Waals surface area (Å²) in [5.41, 5.74) is 0. The zero-order valence-electron chi connectivity index (χ0n) is 16.8. The molecular formula is C19H37N5O2. The van der Waals surface area contributed by atoms with Gasteiger partial charge in [-0.3, -0.25) is 4.79 Å². The molecule has 7 heteroatoms. The van der Waals surface area contributed by atoms with Crippen LogP contribution in [0.15, 0.2) is 4.99 Å². The van der Waals surface area contributed by atoms with E-state index in [0.29, 0.717) is 12.0 Å². The number of amides is 1. The number of carbonyl (C=O) groups is 1. The minimum Gasteiger partial charge on any atom is -0.376 e. The Morgan fingerprint density at radius 2 is 2.00 bits per heavy atom. The summed E-state index contributed by atoms with van der Waals surface area (Å²) in [5.74, 6) is 0.714. The molecule has 2 heterocycles. The highest BCUT2D eigenvalue weighted by molar-refractivity contribution is 5.84. The molecule has 2 atom stereocenters. The predicted molar refractivity (Wildman–Crippen MR) is 105 cm³/mol. The van der Waals surface area contributed by atoms with Gasteiger partial charge in [-0.1, -0.05) is 6.42 Å². The molecule has 0 bridgehead atoms. The molecule has 2 aliphatic heterocycles. The highest BCUT2D eigenvalue weighted by Crippen LogP contribution is 2.13. The highest BCUT2D eigenvalue weighted by atomic mass is 16.5. The van der Waals surface area contributed by atoms with E-state index < -0.39 is 0 Å². The number of nitrogens with one attached hydrogen (secondary N) is 2. The van der Waals surface area contributed by atoms with Crippen LogP contribution in [0.1, 0.15) is 45.4 Å². The van der Waals surface area contributed by atoms with Crippen LogP contribution in [0, 0.1) is 0 Å². The van der Waals surface area contributed by atoms with Gasteiger partial charge < -0.3 is 25.2 Å². The molecule has 0 aromatic rings. The molecule has 2 fully saturated rings. The summed E-state index contributed by atoms with van der Waals surface area (Å²) in [6.45, 7) is 7.34. The van der Waals surface area contributed by atoms with Crippen LogP contribution >= 0.6 is 0 Å². The molecular weight excluding hydrogens is 330 g/mol.